The van der Waals surface area contributed by atoms with Gasteiger partial charge in [0.2, 0.25) is 5.91 Å². The number of aromatic amines is 1. The lowest BCUT2D eigenvalue weighted by molar-refractivity contribution is -0.126. The maximum absolute atomic E-state index is 13.1. The van der Waals surface area contributed by atoms with Crippen molar-refractivity contribution >= 4 is 29.3 Å². The molecule has 1 saturated heterocycles. The van der Waals surface area contributed by atoms with Crippen LogP contribution >= 0.6 is 12.4 Å². The number of H-pyrrole nitrogens is 1. The lowest BCUT2D eigenvalue weighted by Crippen LogP contribution is -2.42. The number of hydrogen-bond donors (Lipinski definition) is 3. The van der Waals surface area contributed by atoms with E-state index in [9.17, 15) is 9.18 Å². The van der Waals surface area contributed by atoms with E-state index in [2.05, 4.69) is 27.5 Å². The zero-order valence-electron chi connectivity index (χ0n) is 13.1. The molecule has 23 heavy (non-hydrogen) atoms. The van der Waals surface area contributed by atoms with Gasteiger partial charge in [0.15, 0.2) is 0 Å². The van der Waals surface area contributed by atoms with E-state index in [-0.39, 0.29) is 30.0 Å². The zero-order valence-corrected chi connectivity index (χ0v) is 13.9. The van der Waals surface area contributed by atoms with Gasteiger partial charge >= 0.3 is 0 Å². The summed E-state index contributed by atoms with van der Waals surface area (Å²) < 4.78 is 13.1. The molecule has 2 atom stereocenters. The molecule has 3 rings (SSSR count). The van der Waals surface area contributed by atoms with Gasteiger partial charge in [-0.15, -0.1) is 12.4 Å². The van der Waals surface area contributed by atoms with Crippen molar-refractivity contribution in [2.24, 2.45) is 5.92 Å². The highest BCUT2D eigenvalue weighted by Crippen LogP contribution is 2.16. The summed E-state index contributed by atoms with van der Waals surface area (Å²) in [6.45, 7) is 3.54. The van der Waals surface area contributed by atoms with E-state index >= 15 is 0 Å². The number of nitrogens with zero attached hydrogens (tertiary/aromatic N) is 1. The van der Waals surface area contributed by atoms with E-state index < -0.39 is 0 Å². The Balaban J connectivity index is 0.00000192. The molecule has 0 aliphatic carbocycles. The Morgan fingerprint density at radius 2 is 2.30 bits per heavy atom. The number of piperidine rings is 1. The number of hydrogen-bond acceptors (Lipinski definition) is 3. The van der Waals surface area contributed by atoms with Gasteiger partial charge < -0.3 is 15.6 Å². The summed E-state index contributed by atoms with van der Waals surface area (Å²) >= 11 is 0. The second-order valence-corrected chi connectivity index (χ2v) is 5.96. The van der Waals surface area contributed by atoms with Crippen LogP contribution in [0.25, 0.3) is 11.0 Å². The van der Waals surface area contributed by atoms with Gasteiger partial charge in [-0.1, -0.05) is 0 Å². The standard InChI is InChI=1S/C16H21FN4O.ClH/c1-10-8-11(4-6-18-10)16(22)19-7-5-15-20-13-3-2-12(17)9-14(13)21-15;/h2-3,9-11,18H,4-8H2,1H3,(H,19,22)(H,20,21);1H/t10-,11-;/m0./s1. The van der Waals surface area contributed by atoms with Crippen LogP contribution in [0, 0.1) is 11.7 Å². The third-order valence-electron chi connectivity index (χ3n) is 4.15. The summed E-state index contributed by atoms with van der Waals surface area (Å²) in [5.41, 5.74) is 1.43. The second kappa shape index (κ2) is 7.75. The molecule has 1 amide bonds. The van der Waals surface area contributed by atoms with Crippen LogP contribution in [0.1, 0.15) is 25.6 Å². The minimum atomic E-state index is -0.281. The molecule has 2 heterocycles. The molecule has 0 unspecified atom stereocenters. The van der Waals surface area contributed by atoms with Gasteiger partial charge in [0.25, 0.3) is 0 Å². The third kappa shape index (κ3) is 4.42. The molecular formula is C16H22ClFN4O. The summed E-state index contributed by atoms with van der Waals surface area (Å²) in [5.74, 6) is 0.701. The van der Waals surface area contributed by atoms with E-state index in [1.807, 2.05) is 0 Å². The van der Waals surface area contributed by atoms with Crippen molar-refractivity contribution in [2.45, 2.75) is 32.2 Å². The van der Waals surface area contributed by atoms with E-state index in [4.69, 9.17) is 0 Å². The summed E-state index contributed by atoms with van der Waals surface area (Å²) in [4.78, 5) is 19.6. The van der Waals surface area contributed by atoms with Gasteiger partial charge in [-0.2, -0.15) is 0 Å². The predicted molar refractivity (Wildman–Crippen MR) is 90.2 cm³/mol. The summed E-state index contributed by atoms with van der Waals surface area (Å²) in [6.07, 6.45) is 2.39. The number of halogens is 2. The van der Waals surface area contributed by atoms with Crippen LogP contribution in [-0.4, -0.2) is 35.0 Å². The first-order valence-electron chi connectivity index (χ1n) is 7.77. The Labute approximate surface area is 140 Å². The Morgan fingerprint density at radius 3 is 3.09 bits per heavy atom. The maximum atomic E-state index is 13.1. The average Bonchev–Trinajstić information content (AvgIpc) is 2.89. The molecule has 1 aliphatic rings. The van der Waals surface area contributed by atoms with Gasteiger partial charge in [-0.25, -0.2) is 9.37 Å². The highest BCUT2D eigenvalue weighted by Gasteiger charge is 2.24. The molecule has 7 heteroatoms. The van der Waals surface area contributed by atoms with Crippen LogP contribution in [0.5, 0.6) is 0 Å². The first kappa shape index (κ1) is 17.7. The Bertz CT molecular complexity index is 675. The van der Waals surface area contributed by atoms with E-state index in [1.165, 1.54) is 12.1 Å². The Morgan fingerprint density at radius 1 is 1.48 bits per heavy atom. The van der Waals surface area contributed by atoms with Gasteiger partial charge in [0.1, 0.15) is 11.6 Å². The average molecular weight is 341 g/mol. The largest absolute Gasteiger partial charge is 0.355 e. The van der Waals surface area contributed by atoms with Gasteiger partial charge in [0.05, 0.1) is 11.0 Å². The predicted octanol–water partition coefficient (Wildman–Crippen LogP) is 2.17. The number of carbonyl (C=O) groups is 1. The monoisotopic (exact) mass is 340 g/mol. The van der Waals surface area contributed by atoms with Crippen molar-refractivity contribution in [3.8, 4) is 0 Å². The SMILES string of the molecule is C[C@H]1C[C@@H](C(=O)NCCc2nc3ccc(F)cc3[nH]2)CCN1.Cl. The molecule has 126 valence electrons. The number of carbonyl (C=O) groups excluding carboxylic acids is 1. The van der Waals surface area contributed by atoms with Crippen LogP contribution in [0.3, 0.4) is 0 Å². The topological polar surface area (TPSA) is 69.8 Å². The number of nitrogens with one attached hydrogen (secondary N) is 3. The van der Waals surface area contributed by atoms with Crippen molar-refractivity contribution in [3.63, 3.8) is 0 Å². The molecule has 0 saturated carbocycles. The summed E-state index contributed by atoms with van der Waals surface area (Å²) in [6, 6.07) is 4.88. The van der Waals surface area contributed by atoms with E-state index in [0.29, 0.717) is 24.5 Å². The van der Waals surface area contributed by atoms with Crippen LogP contribution in [-0.2, 0) is 11.2 Å². The van der Waals surface area contributed by atoms with E-state index in [1.54, 1.807) is 6.07 Å². The fourth-order valence-electron chi connectivity index (χ4n) is 2.97. The molecule has 0 spiro atoms. The van der Waals surface area contributed by atoms with Crippen LogP contribution in [0.4, 0.5) is 4.39 Å². The molecule has 1 aromatic carbocycles. The number of imidazole rings is 1. The first-order chi connectivity index (χ1) is 10.6. The molecule has 0 radical (unpaired) electrons. The highest BCUT2D eigenvalue weighted by molar-refractivity contribution is 5.85. The van der Waals surface area contributed by atoms with Gasteiger partial charge in [-0.05, 0) is 44.5 Å². The maximum Gasteiger partial charge on any atom is 0.223 e. The molecule has 5 nitrogen and oxygen atoms in total. The number of benzene rings is 1. The molecule has 2 aromatic rings. The summed E-state index contributed by atoms with van der Waals surface area (Å²) in [5, 5.41) is 6.32. The highest BCUT2D eigenvalue weighted by atomic mass is 35.5. The molecule has 1 fully saturated rings. The fraction of sp³-hybridized carbons (Fsp3) is 0.500. The molecule has 3 N–H and O–H groups in total. The fourth-order valence-corrected chi connectivity index (χ4v) is 2.97. The zero-order chi connectivity index (χ0) is 15.5. The number of amides is 1. The van der Waals surface area contributed by atoms with E-state index in [0.717, 1.165) is 30.7 Å². The Kier molecular flexibility index (Phi) is 5.96. The minimum Gasteiger partial charge on any atom is -0.355 e. The van der Waals surface area contributed by atoms with Crippen LogP contribution in [0.2, 0.25) is 0 Å². The van der Waals surface area contributed by atoms with Gasteiger partial charge in [0, 0.05) is 24.9 Å². The molecule has 0 bridgehead atoms. The van der Waals surface area contributed by atoms with Crippen LogP contribution in [0.15, 0.2) is 18.2 Å². The molecular weight excluding hydrogens is 319 g/mol. The third-order valence-corrected chi connectivity index (χ3v) is 4.15. The number of aromatic nitrogens is 2. The normalized spacial score (nSPS) is 21.0. The van der Waals surface area contributed by atoms with Gasteiger partial charge in [-0.3, -0.25) is 4.79 Å². The lowest BCUT2D eigenvalue weighted by atomic mass is 9.92. The molecule has 1 aliphatic heterocycles. The van der Waals surface area contributed by atoms with Crippen molar-refractivity contribution < 1.29 is 9.18 Å². The van der Waals surface area contributed by atoms with Crippen molar-refractivity contribution in [1.82, 2.24) is 20.6 Å². The lowest BCUT2D eigenvalue weighted by Gasteiger charge is -2.27. The first-order valence-corrected chi connectivity index (χ1v) is 7.77. The smallest absolute Gasteiger partial charge is 0.223 e. The van der Waals surface area contributed by atoms with Crippen molar-refractivity contribution in [1.29, 1.82) is 0 Å². The minimum absolute atomic E-state index is 0. The quantitative estimate of drug-likeness (QED) is 0.799. The molecule has 1 aromatic heterocycles. The number of rotatable bonds is 4. The Hall–Kier alpha value is -1.66. The second-order valence-electron chi connectivity index (χ2n) is 5.96. The summed E-state index contributed by atoms with van der Waals surface area (Å²) in [7, 11) is 0. The van der Waals surface area contributed by atoms with Crippen molar-refractivity contribution in [3.05, 3.63) is 29.8 Å². The van der Waals surface area contributed by atoms with Crippen LogP contribution < -0.4 is 10.6 Å². The van der Waals surface area contributed by atoms with Crippen molar-refractivity contribution in [2.75, 3.05) is 13.1 Å². The number of fused-ring (bicyclic) bond motifs is 1.